The fourth-order valence-corrected chi connectivity index (χ4v) is 3.39. The van der Waals surface area contributed by atoms with Crippen molar-refractivity contribution in [2.45, 2.75) is 56.7 Å². The summed E-state index contributed by atoms with van der Waals surface area (Å²) in [6, 6.07) is -0.0841. The molecule has 3 aliphatic rings. The lowest BCUT2D eigenvalue weighted by molar-refractivity contribution is -0.141. The third-order valence-electron chi connectivity index (χ3n) is 4.66. The number of ether oxygens (including phenoxy) is 1. The maximum Gasteiger partial charge on any atom is 0.315 e. The molecule has 0 aromatic rings. The monoisotopic (exact) mass is 282 g/mol. The SMILES string of the molecule is O=C(NC1CCC(C(=O)O)C1)NC1CCOC1C1CC1. The van der Waals surface area contributed by atoms with Crippen LogP contribution in [0.1, 0.15) is 38.5 Å². The molecule has 20 heavy (non-hydrogen) atoms. The molecular weight excluding hydrogens is 260 g/mol. The molecule has 2 aliphatic carbocycles. The predicted molar refractivity (Wildman–Crippen MR) is 71.3 cm³/mol. The summed E-state index contributed by atoms with van der Waals surface area (Å²) in [7, 11) is 0. The van der Waals surface area contributed by atoms with E-state index in [1.54, 1.807) is 0 Å². The highest BCUT2D eigenvalue weighted by atomic mass is 16.5. The first-order valence-corrected chi connectivity index (χ1v) is 7.55. The van der Waals surface area contributed by atoms with Crippen molar-refractivity contribution >= 4 is 12.0 Å². The summed E-state index contributed by atoms with van der Waals surface area (Å²) >= 11 is 0. The summed E-state index contributed by atoms with van der Waals surface area (Å²) in [6.45, 7) is 0.719. The lowest BCUT2D eigenvalue weighted by Gasteiger charge is -2.21. The molecular formula is C14H22N2O4. The molecule has 1 heterocycles. The first-order chi connectivity index (χ1) is 9.63. The lowest BCUT2D eigenvalue weighted by Crippen LogP contribution is -2.48. The Balaban J connectivity index is 1.44. The van der Waals surface area contributed by atoms with Crippen LogP contribution in [0.5, 0.6) is 0 Å². The quantitative estimate of drug-likeness (QED) is 0.720. The van der Waals surface area contributed by atoms with E-state index in [0.717, 1.165) is 19.4 Å². The molecule has 1 aliphatic heterocycles. The van der Waals surface area contributed by atoms with Crippen molar-refractivity contribution in [3.63, 3.8) is 0 Å². The standard InChI is InChI=1S/C14H22N2O4/c17-13(18)9-3-4-10(7-9)15-14(19)16-11-5-6-20-12(11)8-1-2-8/h8-12H,1-7H2,(H,17,18)(H2,15,16,19). The third kappa shape index (κ3) is 3.06. The van der Waals surface area contributed by atoms with Crippen molar-refractivity contribution in [2.24, 2.45) is 11.8 Å². The number of urea groups is 1. The number of carbonyl (C=O) groups excluding carboxylic acids is 1. The first kappa shape index (κ1) is 13.7. The Morgan fingerprint density at radius 2 is 1.85 bits per heavy atom. The first-order valence-electron chi connectivity index (χ1n) is 7.55. The summed E-state index contributed by atoms with van der Waals surface area (Å²) in [4.78, 5) is 22.9. The van der Waals surface area contributed by atoms with Crippen LogP contribution >= 0.6 is 0 Å². The second-order valence-corrected chi connectivity index (χ2v) is 6.23. The smallest absolute Gasteiger partial charge is 0.315 e. The maximum absolute atomic E-state index is 12.0. The highest BCUT2D eigenvalue weighted by Crippen LogP contribution is 2.38. The van der Waals surface area contributed by atoms with Crippen molar-refractivity contribution in [2.75, 3.05) is 6.61 Å². The second-order valence-electron chi connectivity index (χ2n) is 6.23. The Morgan fingerprint density at radius 3 is 2.50 bits per heavy atom. The number of amides is 2. The molecule has 1 saturated heterocycles. The summed E-state index contributed by atoms with van der Waals surface area (Å²) in [5, 5.41) is 14.9. The van der Waals surface area contributed by atoms with Gasteiger partial charge in [0.2, 0.25) is 0 Å². The van der Waals surface area contributed by atoms with E-state index >= 15 is 0 Å². The van der Waals surface area contributed by atoms with Gasteiger partial charge in [-0.15, -0.1) is 0 Å². The molecule has 112 valence electrons. The van der Waals surface area contributed by atoms with Crippen molar-refractivity contribution < 1.29 is 19.4 Å². The number of nitrogens with one attached hydrogen (secondary N) is 2. The van der Waals surface area contributed by atoms with Gasteiger partial charge < -0.3 is 20.5 Å². The van der Waals surface area contributed by atoms with Gasteiger partial charge in [-0.3, -0.25) is 4.79 Å². The van der Waals surface area contributed by atoms with E-state index in [1.807, 2.05) is 0 Å². The van der Waals surface area contributed by atoms with Gasteiger partial charge in [-0.25, -0.2) is 4.79 Å². The Labute approximate surface area is 118 Å². The number of carboxylic acids is 1. The minimum Gasteiger partial charge on any atom is -0.481 e. The normalized spacial score (nSPS) is 36.8. The maximum atomic E-state index is 12.0. The number of hydrogen-bond donors (Lipinski definition) is 3. The number of carbonyl (C=O) groups is 2. The molecule has 2 saturated carbocycles. The van der Waals surface area contributed by atoms with E-state index in [9.17, 15) is 9.59 Å². The zero-order valence-corrected chi connectivity index (χ0v) is 11.5. The molecule has 0 aromatic heterocycles. The van der Waals surface area contributed by atoms with E-state index in [0.29, 0.717) is 18.8 Å². The van der Waals surface area contributed by atoms with Gasteiger partial charge in [0, 0.05) is 12.6 Å². The highest BCUT2D eigenvalue weighted by molar-refractivity contribution is 5.75. The minimum absolute atomic E-state index is 0.0159. The number of aliphatic carboxylic acids is 1. The van der Waals surface area contributed by atoms with Crippen LogP contribution < -0.4 is 10.6 Å². The van der Waals surface area contributed by atoms with Crippen LogP contribution in [0.25, 0.3) is 0 Å². The van der Waals surface area contributed by atoms with E-state index < -0.39 is 5.97 Å². The number of hydrogen-bond acceptors (Lipinski definition) is 3. The minimum atomic E-state index is -0.757. The van der Waals surface area contributed by atoms with Gasteiger partial charge in [0.15, 0.2) is 0 Å². The highest BCUT2D eigenvalue weighted by Gasteiger charge is 2.41. The van der Waals surface area contributed by atoms with Gasteiger partial charge in [0.25, 0.3) is 0 Å². The van der Waals surface area contributed by atoms with E-state index in [1.165, 1.54) is 12.8 Å². The predicted octanol–water partition coefficient (Wildman–Crippen LogP) is 1.11. The molecule has 3 fully saturated rings. The molecule has 6 nitrogen and oxygen atoms in total. The van der Waals surface area contributed by atoms with Crippen molar-refractivity contribution in [1.82, 2.24) is 10.6 Å². The molecule has 6 heteroatoms. The fourth-order valence-electron chi connectivity index (χ4n) is 3.39. The molecule has 0 spiro atoms. The molecule has 3 N–H and O–H groups in total. The molecule has 0 radical (unpaired) electrons. The summed E-state index contributed by atoms with van der Waals surface area (Å²) in [5.74, 6) is -0.451. The van der Waals surface area contributed by atoms with Crippen LogP contribution in [0.2, 0.25) is 0 Å². The molecule has 3 rings (SSSR count). The van der Waals surface area contributed by atoms with Crippen LogP contribution in [-0.4, -0.2) is 41.9 Å². The Morgan fingerprint density at radius 1 is 1.05 bits per heavy atom. The molecule has 4 unspecified atom stereocenters. The van der Waals surface area contributed by atoms with Crippen molar-refractivity contribution in [3.8, 4) is 0 Å². The third-order valence-corrected chi connectivity index (χ3v) is 4.66. The summed E-state index contributed by atoms with van der Waals surface area (Å²) in [6.07, 6.45) is 5.39. The van der Waals surface area contributed by atoms with Gasteiger partial charge in [-0.1, -0.05) is 0 Å². The van der Waals surface area contributed by atoms with Gasteiger partial charge in [-0.05, 0) is 44.4 Å². The summed E-state index contributed by atoms with van der Waals surface area (Å²) in [5.41, 5.74) is 0. The molecule has 0 aromatic carbocycles. The Hall–Kier alpha value is -1.30. The number of carboxylic acid groups (broad SMARTS) is 1. The van der Waals surface area contributed by atoms with Gasteiger partial charge in [-0.2, -0.15) is 0 Å². The average Bonchev–Trinajstić information content (AvgIpc) is 2.95. The topological polar surface area (TPSA) is 87.7 Å². The van der Waals surface area contributed by atoms with Crippen LogP contribution in [0.3, 0.4) is 0 Å². The zero-order chi connectivity index (χ0) is 14.1. The van der Waals surface area contributed by atoms with E-state index in [2.05, 4.69) is 10.6 Å². The Bertz CT molecular complexity index is 397. The second kappa shape index (κ2) is 5.60. The van der Waals surface area contributed by atoms with E-state index in [4.69, 9.17) is 9.84 Å². The van der Waals surface area contributed by atoms with Crippen molar-refractivity contribution in [3.05, 3.63) is 0 Å². The van der Waals surface area contributed by atoms with Crippen LogP contribution in [0.4, 0.5) is 4.79 Å². The van der Waals surface area contributed by atoms with Gasteiger partial charge >= 0.3 is 12.0 Å². The molecule has 0 bridgehead atoms. The van der Waals surface area contributed by atoms with Crippen LogP contribution in [0.15, 0.2) is 0 Å². The van der Waals surface area contributed by atoms with Crippen LogP contribution in [0, 0.1) is 11.8 Å². The molecule has 4 atom stereocenters. The zero-order valence-electron chi connectivity index (χ0n) is 11.5. The van der Waals surface area contributed by atoms with Gasteiger partial charge in [0.05, 0.1) is 18.1 Å². The van der Waals surface area contributed by atoms with Crippen molar-refractivity contribution in [1.29, 1.82) is 0 Å². The van der Waals surface area contributed by atoms with Gasteiger partial charge in [0.1, 0.15) is 0 Å². The number of rotatable bonds is 4. The van der Waals surface area contributed by atoms with E-state index in [-0.39, 0.29) is 30.1 Å². The Kier molecular flexibility index (Phi) is 3.83. The summed E-state index contributed by atoms with van der Waals surface area (Å²) < 4.78 is 5.69. The van der Waals surface area contributed by atoms with Crippen LogP contribution in [-0.2, 0) is 9.53 Å². The lowest BCUT2D eigenvalue weighted by atomic mass is 10.1. The fraction of sp³-hybridized carbons (Fsp3) is 0.857. The molecule has 2 amide bonds. The average molecular weight is 282 g/mol. The largest absolute Gasteiger partial charge is 0.481 e.